The van der Waals surface area contributed by atoms with E-state index in [9.17, 15) is 9.59 Å². The molecule has 0 bridgehead atoms. The van der Waals surface area contributed by atoms with E-state index < -0.39 is 11.2 Å². The number of esters is 2. The van der Waals surface area contributed by atoms with Gasteiger partial charge in [-0.15, -0.1) is 0 Å². The molecule has 0 radical (unpaired) electrons. The van der Waals surface area contributed by atoms with E-state index in [1.165, 1.54) is 5.56 Å². The molecule has 2 aliphatic heterocycles. The highest BCUT2D eigenvalue weighted by Crippen LogP contribution is 2.48. The van der Waals surface area contributed by atoms with Crippen molar-refractivity contribution >= 4 is 25.6 Å². The fourth-order valence-electron chi connectivity index (χ4n) is 6.90. The first-order valence-corrected chi connectivity index (χ1v) is 16.8. The fraction of sp³-hybridized carbons (Fsp3) is 0.714. The summed E-state index contributed by atoms with van der Waals surface area (Å²) < 4.78 is 40.3. The zero-order valence-electron chi connectivity index (χ0n) is 29.0. The standard InChI is InChI=1S/C35H54BNO9/c1-24-21-25(2)30(26(3)22-24)31-32(46-36)35(45-33(31)39)11-7-27(8-12-35)43-28-9-13-37(14-10-28)15-16-40-17-18-41-19-20-42-23-29(38)44-34(4,5)6/h21-22,27-28H,7-20,23,36H2,1-6H3/t27-,35+. The SMILES string of the molecule is BOC1=C(c2c(C)cc(C)cc2C)C(=O)O[C@]12CC[C@@H](OC1CCN(CCOCCOCCOCC(=O)OC(C)(C)C)CC1)CC2. The molecule has 3 aliphatic rings. The van der Waals surface area contributed by atoms with Crippen molar-refractivity contribution in [3.8, 4) is 0 Å². The van der Waals surface area contributed by atoms with Gasteiger partial charge in [-0.1, -0.05) is 17.7 Å². The summed E-state index contributed by atoms with van der Waals surface area (Å²) >= 11 is 0. The van der Waals surface area contributed by atoms with Gasteiger partial charge in [0.2, 0.25) is 0 Å². The van der Waals surface area contributed by atoms with Gasteiger partial charge >= 0.3 is 20.0 Å². The number of benzene rings is 1. The van der Waals surface area contributed by atoms with E-state index in [4.69, 9.17) is 33.1 Å². The van der Waals surface area contributed by atoms with Crippen molar-refractivity contribution in [1.82, 2.24) is 4.90 Å². The first kappa shape index (κ1) is 36.4. The Balaban J connectivity index is 1.09. The maximum Gasteiger partial charge on any atom is 0.343 e. The first-order chi connectivity index (χ1) is 21.9. The molecule has 1 aromatic rings. The Morgan fingerprint density at radius 3 is 2.07 bits per heavy atom. The molecule has 1 spiro atoms. The van der Waals surface area contributed by atoms with Crippen LogP contribution in [0.15, 0.2) is 17.9 Å². The highest BCUT2D eigenvalue weighted by molar-refractivity contribution is 6.21. The first-order valence-electron chi connectivity index (χ1n) is 16.8. The molecule has 4 rings (SSSR count). The lowest BCUT2D eigenvalue weighted by atomic mass is 9.80. The summed E-state index contributed by atoms with van der Waals surface area (Å²) in [6.45, 7) is 16.9. The van der Waals surface area contributed by atoms with Crippen molar-refractivity contribution in [2.24, 2.45) is 0 Å². The molecular weight excluding hydrogens is 589 g/mol. The summed E-state index contributed by atoms with van der Waals surface area (Å²) in [6, 6.07) is 4.22. The Morgan fingerprint density at radius 2 is 1.48 bits per heavy atom. The van der Waals surface area contributed by atoms with Gasteiger partial charge in [-0.2, -0.15) is 0 Å². The topological polar surface area (TPSA) is 102 Å². The molecule has 10 nitrogen and oxygen atoms in total. The van der Waals surface area contributed by atoms with Crippen LogP contribution in [0.3, 0.4) is 0 Å². The van der Waals surface area contributed by atoms with Crippen LogP contribution >= 0.6 is 0 Å². The molecule has 1 aromatic carbocycles. The van der Waals surface area contributed by atoms with Crippen LogP contribution in [-0.4, -0.2) is 108 Å². The molecular formula is C35H54BNO9. The van der Waals surface area contributed by atoms with Crippen molar-refractivity contribution < 1.29 is 42.7 Å². The minimum atomic E-state index is -0.700. The van der Waals surface area contributed by atoms with Gasteiger partial charge in [-0.3, -0.25) is 0 Å². The molecule has 0 unspecified atom stereocenters. The maximum atomic E-state index is 13.2. The number of rotatable bonds is 15. The summed E-state index contributed by atoms with van der Waals surface area (Å²) in [6.07, 6.45) is 5.51. The van der Waals surface area contributed by atoms with E-state index in [-0.39, 0.29) is 30.8 Å². The van der Waals surface area contributed by atoms with Crippen LogP contribution in [0.2, 0.25) is 0 Å². The molecule has 0 amide bonds. The Bertz CT molecular complexity index is 1190. The van der Waals surface area contributed by atoms with Crippen molar-refractivity contribution in [1.29, 1.82) is 0 Å². The Kier molecular flexibility index (Phi) is 13.1. The number of ether oxygens (including phenoxy) is 6. The minimum Gasteiger partial charge on any atom is -0.567 e. The van der Waals surface area contributed by atoms with Crippen LogP contribution < -0.4 is 0 Å². The predicted octanol–water partition coefficient (Wildman–Crippen LogP) is 4.00. The number of hydrogen-bond donors (Lipinski definition) is 0. The zero-order chi connectivity index (χ0) is 33.3. The summed E-state index contributed by atoms with van der Waals surface area (Å²) in [4.78, 5) is 27.3. The van der Waals surface area contributed by atoms with Crippen molar-refractivity contribution in [2.75, 3.05) is 59.3 Å². The summed E-state index contributed by atoms with van der Waals surface area (Å²) in [5.41, 5.74) is 3.62. The monoisotopic (exact) mass is 643 g/mol. The van der Waals surface area contributed by atoms with Crippen molar-refractivity contribution in [3.63, 3.8) is 0 Å². The van der Waals surface area contributed by atoms with E-state index in [2.05, 4.69) is 24.0 Å². The van der Waals surface area contributed by atoms with Crippen molar-refractivity contribution in [3.05, 3.63) is 40.1 Å². The van der Waals surface area contributed by atoms with E-state index in [1.54, 1.807) is 8.05 Å². The number of carbonyl (C=O) groups is 2. The number of piperidine rings is 1. The molecule has 1 aliphatic carbocycles. The van der Waals surface area contributed by atoms with Crippen LogP contribution in [-0.2, 0) is 42.7 Å². The van der Waals surface area contributed by atoms with Gasteiger partial charge in [-0.05, 0) is 96.8 Å². The number of aryl methyl sites for hydroxylation is 3. The quantitative estimate of drug-likeness (QED) is 0.158. The van der Waals surface area contributed by atoms with Gasteiger partial charge in [0.05, 0.1) is 45.2 Å². The van der Waals surface area contributed by atoms with Crippen LogP contribution in [0.4, 0.5) is 0 Å². The third-order valence-electron chi connectivity index (χ3n) is 8.86. The van der Waals surface area contributed by atoms with Crippen LogP contribution in [0.25, 0.3) is 5.57 Å². The van der Waals surface area contributed by atoms with Crippen LogP contribution in [0.5, 0.6) is 0 Å². The van der Waals surface area contributed by atoms with Gasteiger partial charge in [-0.25, -0.2) is 9.59 Å². The minimum absolute atomic E-state index is 0.0700. The van der Waals surface area contributed by atoms with E-state index in [0.717, 1.165) is 62.0 Å². The van der Waals surface area contributed by atoms with Crippen LogP contribution in [0.1, 0.15) is 81.5 Å². The molecule has 2 heterocycles. The zero-order valence-corrected chi connectivity index (χ0v) is 29.0. The third-order valence-corrected chi connectivity index (χ3v) is 8.86. The summed E-state index contributed by atoms with van der Waals surface area (Å²) in [7, 11) is 1.65. The normalized spacial score (nSPS) is 22.8. The average Bonchev–Trinajstić information content (AvgIpc) is 3.24. The molecule has 1 saturated heterocycles. The molecule has 0 atom stereocenters. The molecule has 46 heavy (non-hydrogen) atoms. The second kappa shape index (κ2) is 16.6. The smallest absolute Gasteiger partial charge is 0.343 e. The largest absolute Gasteiger partial charge is 0.567 e. The maximum absolute atomic E-state index is 13.2. The lowest BCUT2D eigenvalue weighted by Crippen LogP contribution is -2.43. The second-order valence-corrected chi connectivity index (χ2v) is 13.8. The van der Waals surface area contributed by atoms with E-state index in [0.29, 0.717) is 57.2 Å². The molecule has 11 heteroatoms. The summed E-state index contributed by atoms with van der Waals surface area (Å²) in [5, 5.41) is 0. The molecule has 2 fully saturated rings. The van der Waals surface area contributed by atoms with Gasteiger partial charge in [0, 0.05) is 19.6 Å². The van der Waals surface area contributed by atoms with Gasteiger partial charge in [0.25, 0.3) is 0 Å². The van der Waals surface area contributed by atoms with E-state index in [1.807, 2.05) is 34.6 Å². The average molecular weight is 644 g/mol. The fourth-order valence-corrected chi connectivity index (χ4v) is 6.90. The second-order valence-electron chi connectivity index (χ2n) is 13.8. The number of likely N-dealkylation sites (tertiary alicyclic amines) is 1. The third kappa shape index (κ3) is 10.0. The lowest BCUT2D eigenvalue weighted by Gasteiger charge is -2.39. The number of carbonyl (C=O) groups excluding carboxylic acids is 2. The highest BCUT2D eigenvalue weighted by atomic mass is 16.6. The van der Waals surface area contributed by atoms with Gasteiger partial charge in [0.15, 0.2) is 5.60 Å². The number of nitrogens with zero attached hydrogens (tertiary/aromatic N) is 1. The highest BCUT2D eigenvalue weighted by Gasteiger charge is 2.51. The van der Waals surface area contributed by atoms with Crippen molar-refractivity contribution in [2.45, 2.75) is 103 Å². The number of hydrogen-bond acceptors (Lipinski definition) is 10. The van der Waals surface area contributed by atoms with Gasteiger partial charge < -0.3 is 38.0 Å². The lowest BCUT2D eigenvalue weighted by molar-refractivity contribution is -0.160. The summed E-state index contributed by atoms with van der Waals surface area (Å²) in [5.74, 6) is 0.0254. The van der Waals surface area contributed by atoms with E-state index >= 15 is 0 Å². The van der Waals surface area contributed by atoms with Crippen LogP contribution in [0, 0.1) is 20.8 Å². The Hall–Kier alpha value is -2.44. The molecule has 1 saturated carbocycles. The molecule has 0 N–H and O–H groups in total. The Labute approximate surface area is 275 Å². The molecule has 256 valence electrons. The predicted molar refractivity (Wildman–Crippen MR) is 177 cm³/mol. The Morgan fingerprint density at radius 1 is 0.913 bits per heavy atom. The molecule has 0 aromatic heterocycles. The van der Waals surface area contributed by atoms with Gasteiger partial charge in [0.1, 0.15) is 23.5 Å².